The Bertz CT molecular complexity index is 691. The van der Waals surface area contributed by atoms with E-state index < -0.39 is 28.2 Å². The first kappa shape index (κ1) is 16.6. The summed E-state index contributed by atoms with van der Waals surface area (Å²) in [5.41, 5.74) is -1.04. The number of non-ortho nitro benzene ring substituents is 1. The van der Waals surface area contributed by atoms with Crippen LogP contribution in [0.4, 0.5) is 5.69 Å². The van der Waals surface area contributed by atoms with Crippen LogP contribution < -0.4 is 0 Å². The molecule has 0 saturated carbocycles. The lowest BCUT2D eigenvalue weighted by molar-refractivity contribution is -0.384. The molecule has 0 aromatic heterocycles. The molecule has 0 amide bonds. The lowest BCUT2D eigenvalue weighted by Crippen LogP contribution is -2.49. The second-order valence-electron chi connectivity index (χ2n) is 5.12. The molecule has 0 aliphatic heterocycles. The van der Waals surface area contributed by atoms with Gasteiger partial charge < -0.3 is 9.84 Å². The van der Waals surface area contributed by atoms with Gasteiger partial charge in [-0.1, -0.05) is 18.2 Å². The number of allylic oxidation sites excluding steroid dienone is 2. The van der Waals surface area contributed by atoms with Gasteiger partial charge in [0, 0.05) is 12.1 Å². The van der Waals surface area contributed by atoms with Gasteiger partial charge in [0.2, 0.25) is 0 Å². The van der Waals surface area contributed by atoms with Gasteiger partial charge in [0.15, 0.2) is 11.4 Å². The highest BCUT2D eigenvalue weighted by molar-refractivity contribution is 5.94. The highest BCUT2D eigenvalue weighted by Crippen LogP contribution is 2.31. The summed E-state index contributed by atoms with van der Waals surface area (Å²) in [5, 5.41) is 19.9. The maximum absolute atomic E-state index is 12.0. The van der Waals surface area contributed by atoms with Crippen LogP contribution in [0.1, 0.15) is 12.5 Å². The van der Waals surface area contributed by atoms with Crippen molar-refractivity contribution in [3.8, 4) is 0 Å². The quantitative estimate of drug-likeness (QED) is 0.637. The Hall–Kier alpha value is -2.80. The van der Waals surface area contributed by atoms with Crippen molar-refractivity contribution in [2.24, 2.45) is 5.92 Å². The molecule has 0 bridgehead atoms. The van der Waals surface area contributed by atoms with Crippen LogP contribution in [0.5, 0.6) is 0 Å². The Morgan fingerprint density at radius 2 is 1.96 bits per heavy atom. The summed E-state index contributed by atoms with van der Waals surface area (Å²) < 4.78 is 5.65. The topological polar surface area (TPSA) is 107 Å². The molecule has 7 heteroatoms. The highest BCUT2D eigenvalue weighted by atomic mass is 16.6. The van der Waals surface area contributed by atoms with Gasteiger partial charge >= 0.3 is 5.97 Å². The summed E-state index contributed by atoms with van der Waals surface area (Å²) in [6.07, 6.45) is 5.95. The van der Waals surface area contributed by atoms with Gasteiger partial charge in [0.25, 0.3) is 5.69 Å². The maximum atomic E-state index is 12.0. The van der Waals surface area contributed by atoms with Gasteiger partial charge in [-0.3, -0.25) is 19.7 Å². The van der Waals surface area contributed by atoms with E-state index in [9.17, 15) is 24.8 Å². The molecule has 2 atom stereocenters. The fourth-order valence-corrected chi connectivity index (χ4v) is 2.38. The van der Waals surface area contributed by atoms with Crippen LogP contribution in [0.25, 0.3) is 0 Å². The van der Waals surface area contributed by atoms with E-state index in [4.69, 9.17) is 4.74 Å². The van der Waals surface area contributed by atoms with E-state index in [1.165, 1.54) is 43.3 Å². The zero-order valence-electron chi connectivity index (χ0n) is 12.3. The number of carboxylic acid groups (broad SMARTS) is 1. The van der Waals surface area contributed by atoms with E-state index in [0.29, 0.717) is 5.56 Å². The van der Waals surface area contributed by atoms with Gasteiger partial charge in [-0.15, -0.1) is 0 Å². The molecule has 23 heavy (non-hydrogen) atoms. The molecular formula is C16H15NO6. The lowest BCUT2D eigenvalue weighted by atomic mass is 9.80. The number of nitro benzene ring substituents is 1. The van der Waals surface area contributed by atoms with Crippen LogP contribution in [0.3, 0.4) is 0 Å². The van der Waals surface area contributed by atoms with Crippen LogP contribution in [-0.4, -0.2) is 27.4 Å². The van der Waals surface area contributed by atoms with Crippen molar-refractivity contribution in [2.75, 3.05) is 0 Å². The number of hydrogen-bond acceptors (Lipinski definition) is 5. The van der Waals surface area contributed by atoms with Gasteiger partial charge in [-0.05, 0) is 30.7 Å². The summed E-state index contributed by atoms with van der Waals surface area (Å²) >= 11 is 0. The fraction of sp³-hybridized carbons (Fsp3) is 0.250. The van der Waals surface area contributed by atoms with Crippen molar-refractivity contribution in [1.29, 1.82) is 0 Å². The van der Waals surface area contributed by atoms with Crippen molar-refractivity contribution >= 4 is 17.4 Å². The zero-order chi connectivity index (χ0) is 17.0. The number of carbonyl (C=O) groups is 2. The number of ether oxygens (including phenoxy) is 1. The molecule has 7 nitrogen and oxygen atoms in total. The average Bonchev–Trinajstić information content (AvgIpc) is 2.53. The molecule has 1 aromatic carbocycles. The number of ketones is 1. The third kappa shape index (κ3) is 3.35. The summed E-state index contributed by atoms with van der Waals surface area (Å²) in [6.45, 7) is 1.23. The number of hydrogen-bond donors (Lipinski definition) is 1. The summed E-state index contributed by atoms with van der Waals surface area (Å²) in [6, 6.07) is 5.66. The Morgan fingerprint density at radius 3 is 2.48 bits per heavy atom. The van der Waals surface area contributed by atoms with Gasteiger partial charge in [0.05, 0.1) is 11.5 Å². The fourth-order valence-electron chi connectivity index (χ4n) is 2.38. The number of carbonyl (C=O) groups excluding carboxylic acids is 1. The molecule has 2 rings (SSSR count). The number of carboxylic acids is 1. The van der Waals surface area contributed by atoms with Crippen molar-refractivity contribution in [2.45, 2.75) is 19.1 Å². The maximum Gasteiger partial charge on any atom is 0.314 e. The standard InChI is InChI=1S/C16H15NO6/c1-11(18)16(9-3-2-4-14(16)15(19)20)23-10-12-5-7-13(8-6-12)17(21)22/h2-9,14H,10H2,1H3,(H,19,20). The van der Waals surface area contributed by atoms with E-state index in [1.54, 1.807) is 12.2 Å². The van der Waals surface area contributed by atoms with Crippen molar-refractivity contribution in [3.63, 3.8) is 0 Å². The number of nitro groups is 1. The molecule has 0 radical (unpaired) electrons. The largest absolute Gasteiger partial charge is 0.481 e. The highest BCUT2D eigenvalue weighted by Gasteiger charge is 2.46. The Balaban J connectivity index is 2.21. The van der Waals surface area contributed by atoms with E-state index in [1.807, 2.05) is 0 Å². The number of benzene rings is 1. The van der Waals surface area contributed by atoms with Crippen molar-refractivity contribution in [3.05, 3.63) is 64.2 Å². The van der Waals surface area contributed by atoms with Crippen LogP contribution in [0, 0.1) is 16.0 Å². The Kier molecular flexibility index (Phi) is 4.71. The van der Waals surface area contributed by atoms with Gasteiger partial charge in [-0.2, -0.15) is 0 Å². The smallest absolute Gasteiger partial charge is 0.314 e. The van der Waals surface area contributed by atoms with Gasteiger partial charge in [0.1, 0.15) is 5.92 Å². The monoisotopic (exact) mass is 317 g/mol. The summed E-state index contributed by atoms with van der Waals surface area (Å²) in [4.78, 5) is 33.6. The summed E-state index contributed by atoms with van der Waals surface area (Å²) in [7, 11) is 0. The molecule has 0 heterocycles. The molecule has 0 saturated heterocycles. The molecular weight excluding hydrogens is 302 g/mol. The second kappa shape index (κ2) is 6.53. The first-order valence-corrected chi connectivity index (χ1v) is 6.84. The van der Waals surface area contributed by atoms with Crippen molar-refractivity contribution < 1.29 is 24.4 Å². The number of rotatable bonds is 6. The van der Waals surface area contributed by atoms with Crippen LogP contribution in [0.15, 0.2) is 48.6 Å². The van der Waals surface area contributed by atoms with E-state index in [0.717, 1.165) is 0 Å². The van der Waals surface area contributed by atoms with E-state index in [-0.39, 0.29) is 12.3 Å². The molecule has 120 valence electrons. The Morgan fingerprint density at radius 1 is 1.30 bits per heavy atom. The normalized spacial score (nSPS) is 22.7. The third-order valence-electron chi connectivity index (χ3n) is 3.66. The van der Waals surface area contributed by atoms with E-state index >= 15 is 0 Å². The molecule has 1 N–H and O–H groups in total. The first-order valence-electron chi connectivity index (χ1n) is 6.84. The van der Waals surface area contributed by atoms with Crippen LogP contribution in [0.2, 0.25) is 0 Å². The minimum absolute atomic E-state index is 0.0421. The predicted molar refractivity (Wildman–Crippen MR) is 80.7 cm³/mol. The minimum Gasteiger partial charge on any atom is -0.481 e. The second-order valence-corrected chi connectivity index (χ2v) is 5.12. The number of Topliss-reactive ketones (excluding diaryl/α,β-unsaturated/α-hetero) is 1. The molecule has 1 aromatic rings. The van der Waals surface area contributed by atoms with E-state index in [2.05, 4.69) is 0 Å². The molecule has 0 spiro atoms. The molecule has 2 unspecified atom stereocenters. The SMILES string of the molecule is CC(=O)C1(OCc2ccc([N+](=O)[O-])cc2)C=CC=CC1C(=O)O. The first-order chi connectivity index (χ1) is 10.9. The molecule has 0 fully saturated rings. The number of aliphatic carboxylic acids is 1. The van der Waals surface area contributed by atoms with Crippen molar-refractivity contribution in [1.82, 2.24) is 0 Å². The van der Waals surface area contributed by atoms with Crippen LogP contribution in [-0.2, 0) is 20.9 Å². The molecule has 1 aliphatic carbocycles. The predicted octanol–water partition coefficient (Wildman–Crippen LogP) is 2.27. The molecule has 1 aliphatic rings. The summed E-state index contributed by atoms with van der Waals surface area (Å²) in [5.74, 6) is -2.71. The third-order valence-corrected chi connectivity index (χ3v) is 3.66. The lowest BCUT2D eigenvalue weighted by Gasteiger charge is -2.33. The minimum atomic E-state index is -1.58. The average molecular weight is 317 g/mol. The Labute approximate surface area is 132 Å². The van der Waals surface area contributed by atoms with Crippen LogP contribution >= 0.6 is 0 Å². The number of nitrogens with zero attached hydrogens (tertiary/aromatic N) is 1. The zero-order valence-corrected chi connectivity index (χ0v) is 12.3. The van der Waals surface area contributed by atoms with Gasteiger partial charge in [-0.25, -0.2) is 0 Å².